The largest absolute Gasteiger partial charge is 0.321 e. The Morgan fingerprint density at radius 1 is 1.36 bits per heavy atom. The van der Waals surface area contributed by atoms with E-state index in [2.05, 4.69) is 42.9 Å². The van der Waals surface area contributed by atoms with E-state index < -0.39 is 0 Å². The van der Waals surface area contributed by atoms with E-state index in [0.29, 0.717) is 6.04 Å². The van der Waals surface area contributed by atoms with Crippen LogP contribution in [-0.2, 0) is 0 Å². The molecule has 1 heterocycles. The maximum absolute atomic E-state index is 3.16. The molecule has 0 saturated carbocycles. The molecule has 11 heavy (non-hydrogen) atoms. The molecule has 1 aromatic carbocycles. The van der Waals surface area contributed by atoms with Crippen LogP contribution >= 0.6 is 0 Å². The summed E-state index contributed by atoms with van der Waals surface area (Å²) in [5.41, 5.74) is 10.2. The molecular weight excluding hydrogens is 136 g/mol. The molecule has 2 heteroatoms. The average Bonchev–Trinajstić information content (AvgIpc) is 2.32. The molecule has 0 amide bonds. The van der Waals surface area contributed by atoms with Crippen molar-refractivity contribution in [2.24, 2.45) is 0 Å². The number of rotatable bonds is 0. The van der Waals surface area contributed by atoms with Crippen LogP contribution in [-0.4, -0.2) is 0 Å². The molecule has 1 aliphatic rings. The molecule has 58 valence electrons. The van der Waals surface area contributed by atoms with Crippen molar-refractivity contribution in [3.63, 3.8) is 0 Å². The highest BCUT2D eigenvalue weighted by Gasteiger charge is 2.15. The van der Waals surface area contributed by atoms with Gasteiger partial charge in [0, 0.05) is 0 Å². The number of anilines is 1. The number of hydrazine groups is 1. The molecule has 0 aromatic heterocycles. The van der Waals surface area contributed by atoms with Crippen LogP contribution in [0.5, 0.6) is 0 Å². The molecule has 2 rings (SSSR count). The molecule has 1 atom stereocenters. The van der Waals surface area contributed by atoms with Crippen LogP contribution < -0.4 is 10.9 Å². The highest BCUT2D eigenvalue weighted by molar-refractivity contribution is 5.57. The van der Waals surface area contributed by atoms with Gasteiger partial charge in [-0.15, -0.1) is 0 Å². The van der Waals surface area contributed by atoms with E-state index in [0.717, 1.165) is 0 Å². The Bertz CT molecular complexity index is 281. The van der Waals surface area contributed by atoms with Gasteiger partial charge < -0.3 is 5.43 Å². The smallest absolute Gasteiger partial charge is 0.0538 e. The fourth-order valence-electron chi connectivity index (χ4n) is 1.42. The van der Waals surface area contributed by atoms with Crippen LogP contribution in [0.15, 0.2) is 18.2 Å². The summed E-state index contributed by atoms with van der Waals surface area (Å²) in [6, 6.07) is 6.91. The predicted molar refractivity (Wildman–Crippen MR) is 46.4 cm³/mol. The van der Waals surface area contributed by atoms with Crippen LogP contribution in [0.1, 0.15) is 24.1 Å². The molecule has 0 bridgehead atoms. The summed E-state index contributed by atoms with van der Waals surface area (Å²) in [6.45, 7) is 4.25. The maximum atomic E-state index is 3.16. The Balaban J connectivity index is 2.50. The minimum Gasteiger partial charge on any atom is -0.321 e. The zero-order valence-corrected chi connectivity index (χ0v) is 6.81. The van der Waals surface area contributed by atoms with Gasteiger partial charge in [0.05, 0.1) is 11.7 Å². The van der Waals surface area contributed by atoms with E-state index in [1.807, 2.05) is 0 Å². The summed E-state index contributed by atoms with van der Waals surface area (Å²) in [7, 11) is 0. The summed E-state index contributed by atoms with van der Waals surface area (Å²) >= 11 is 0. The second-order valence-electron chi connectivity index (χ2n) is 3.08. The highest BCUT2D eigenvalue weighted by atomic mass is 15.4. The van der Waals surface area contributed by atoms with Crippen LogP contribution in [0, 0.1) is 6.92 Å². The Morgan fingerprint density at radius 3 is 3.00 bits per heavy atom. The zero-order chi connectivity index (χ0) is 7.84. The Labute approximate surface area is 66.6 Å². The summed E-state index contributed by atoms with van der Waals surface area (Å²) < 4.78 is 0. The molecule has 0 aliphatic carbocycles. The molecule has 0 saturated heterocycles. The van der Waals surface area contributed by atoms with Crippen LogP contribution in [0.25, 0.3) is 0 Å². The first-order chi connectivity index (χ1) is 5.27. The summed E-state index contributed by atoms with van der Waals surface area (Å²) in [5.74, 6) is 0. The van der Waals surface area contributed by atoms with Crippen molar-refractivity contribution in [3.05, 3.63) is 29.3 Å². The summed E-state index contributed by atoms with van der Waals surface area (Å²) in [5, 5.41) is 0. The number of benzene rings is 1. The van der Waals surface area contributed by atoms with Gasteiger partial charge in [-0.1, -0.05) is 12.1 Å². The van der Waals surface area contributed by atoms with Crippen molar-refractivity contribution in [2.45, 2.75) is 19.9 Å². The topological polar surface area (TPSA) is 24.1 Å². The number of hydrogen-bond donors (Lipinski definition) is 2. The monoisotopic (exact) mass is 148 g/mol. The highest BCUT2D eigenvalue weighted by Crippen LogP contribution is 2.27. The quantitative estimate of drug-likeness (QED) is 0.588. The van der Waals surface area contributed by atoms with Crippen molar-refractivity contribution in [1.29, 1.82) is 0 Å². The van der Waals surface area contributed by atoms with Gasteiger partial charge in [-0.25, -0.2) is 5.43 Å². The molecule has 1 aromatic rings. The van der Waals surface area contributed by atoms with Crippen LogP contribution in [0.2, 0.25) is 0 Å². The van der Waals surface area contributed by atoms with Gasteiger partial charge in [0.2, 0.25) is 0 Å². The van der Waals surface area contributed by atoms with Crippen molar-refractivity contribution >= 4 is 5.69 Å². The van der Waals surface area contributed by atoms with Crippen molar-refractivity contribution in [2.75, 3.05) is 5.43 Å². The first kappa shape index (κ1) is 6.68. The summed E-state index contributed by atoms with van der Waals surface area (Å²) in [6.07, 6.45) is 0. The SMILES string of the molecule is Cc1ccc2c(c1)NNC2C. The molecule has 1 aliphatic heterocycles. The van der Waals surface area contributed by atoms with Gasteiger partial charge in [0.25, 0.3) is 0 Å². The van der Waals surface area contributed by atoms with Crippen molar-refractivity contribution in [3.8, 4) is 0 Å². The fraction of sp³-hybridized carbons (Fsp3) is 0.333. The second-order valence-corrected chi connectivity index (χ2v) is 3.08. The Hall–Kier alpha value is -1.02. The molecule has 0 radical (unpaired) electrons. The fourth-order valence-corrected chi connectivity index (χ4v) is 1.42. The van der Waals surface area contributed by atoms with Gasteiger partial charge in [-0.3, -0.25) is 0 Å². The molecule has 2 N–H and O–H groups in total. The van der Waals surface area contributed by atoms with Gasteiger partial charge in [0.15, 0.2) is 0 Å². The van der Waals surface area contributed by atoms with Gasteiger partial charge in [-0.05, 0) is 31.0 Å². The lowest BCUT2D eigenvalue weighted by Crippen LogP contribution is -2.15. The van der Waals surface area contributed by atoms with Crippen molar-refractivity contribution in [1.82, 2.24) is 5.43 Å². The molecule has 2 nitrogen and oxygen atoms in total. The van der Waals surface area contributed by atoms with E-state index in [4.69, 9.17) is 0 Å². The lowest BCUT2D eigenvalue weighted by atomic mass is 10.1. The van der Waals surface area contributed by atoms with E-state index in [1.54, 1.807) is 0 Å². The van der Waals surface area contributed by atoms with E-state index in [-0.39, 0.29) is 0 Å². The minimum absolute atomic E-state index is 0.436. The van der Waals surface area contributed by atoms with E-state index in [1.165, 1.54) is 16.8 Å². The molecule has 1 unspecified atom stereocenters. The van der Waals surface area contributed by atoms with Crippen molar-refractivity contribution < 1.29 is 0 Å². The Kier molecular flexibility index (Phi) is 1.36. The normalized spacial score (nSPS) is 21.1. The number of aryl methyl sites for hydroxylation is 1. The lowest BCUT2D eigenvalue weighted by Gasteiger charge is -2.00. The predicted octanol–water partition coefficient (Wildman–Crippen LogP) is 1.99. The number of fused-ring (bicyclic) bond motifs is 1. The maximum Gasteiger partial charge on any atom is 0.0538 e. The zero-order valence-electron chi connectivity index (χ0n) is 6.81. The molecule has 0 spiro atoms. The van der Waals surface area contributed by atoms with Crippen LogP contribution in [0.3, 0.4) is 0 Å². The molecular formula is C9H12N2. The van der Waals surface area contributed by atoms with Gasteiger partial charge >= 0.3 is 0 Å². The third-order valence-corrected chi connectivity index (χ3v) is 2.10. The van der Waals surface area contributed by atoms with Gasteiger partial charge in [-0.2, -0.15) is 0 Å². The standard InChI is InChI=1S/C9H12N2/c1-6-3-4-8-7(2)10-11-9(8)5-6/h3-5,7,10-11H,1-2H3. The van der Waals surface area contributed by atoms with Crippen LogP contribution in [0.4, 0.5) is 5.69 Å². The number of hydrogen-bond acceptors (Lipinski definition) is 2. The summed E-state index contributed by atoms with van der Waals surface area (Å²) in [4.78, 5) is 0. The third kappa shape index (κ3) is 0.994. The molecule has 0 fully saturated rings. The Morgan fingerprint density at radius 2 is 2.18 bits per heavy atom. The number of nitrogens with one attached hydrogen (secondary N) is 2. The lowest BCUT2D eigenvalue weighted by molar-refractivity contribution is 0.687. The second kappa shape index (κ2) is 2.24. The van der Waals surface area contributed by atoms with Gasteiger partial charge in [0.1, 0.15) is 0 Å². The minimum atomic E-state index is 0.436. The van der Waals surface area contributed by atoms with E-state index >= 15 is 0 Å². The first-order valence-electron chi connectivity index (χ1n) is 3.89. The average molecular weight is 148 g/mol. The third-order valence-electron chi connectivity index (χ3n) is 2.10. The first-order valence-corrected chi connectivity index (χ1v) is 3.89. The van der Waals surface area contributed by atoms with E-state index in [9.17, 15) is 0 Å².